The Morgan fingerprint density at radius 3 is 2.06 bits per heavy atom. The highest BCUT2D eigenvalue weighted by molar-refractivity contribution is 8.00. The average molecular weight is 269 g/mol. The number of alkyl carbamates (subject to hydrolysis) is 1. The van der Waals surface area contributed by atoms with Crippen LogP contribution in [0.3, 0.4) is 0 Å². The van der Waals surface area contributed by atoms with Crippen molar-refractivity contribution in [1.29, 1.82) is 0 Å². The number of carboxylic acids is 1. The number of carbonyl (C=O) groups is 2. The molecule has 2 aliphatic rings. The third-order valence-electron chi connectivity index (χ3n) is 2.18. The predicted molar refractivity (Wildman–Crippen MR) is 67.8 cm³/mol. The van der Waals surface area contributed by atoms with Gasteiger partial charge < -0.3 is 15.2 Å². The molecule has 0 aliphatic carbocycles. The smallest absolute Gasteiger partial charge is 0.407 e. The normalized spacial score (nSPS) is 11.5. The molecular formula is C12H15NO4S. The Balaban J connectivity index is 0.000000194. The lowest BCUT2D eigenvalue weighted by molar-refractivity contribution is -0.143. The van der Waals surface area contributed by atoms with Crippen LogP contribution in [0.2, 0.25) is 0 Å². The van der Waals surface area contributed by atoms with E-state index in [9.17, 15) is 9.59 Å². The third kappa shape index (κ3) is 3.96. The first-order chi connectivity index (χ1) is 8.35. The van der Waals surface area contributed by atoms with E-state index < -0.39 is 17.6 Å². The van der Waals surface area contributed by atoms with Crippen LogP contribution < -0.4 is 5.32 Å². The Labute approximate surface area is 110 Å². The maximum absolute atomic E-state index is 10.5. The van der Waals surface area contributed by atoms with Gasteiger partial charge in [-0.05, 0) is 32.0 Å². The molecule has 0 saturated heterocycles. The van der Waals surface area contributed by atoms with Crippen LogP contribution in [-0.4, -0.2) is 29.8 Å². The molecule has 6 heteroatoms. The molecule has 0 fully saturated rings. The molecule has 0 spiro atoms. The standard InChI is InChI=1S/C6H11NO4.C6H4S/c1-6(2,4(8)9)7-5(10)11-3;1-2-5-4-6(3-1)7-5/h1-3H3,(H,7,10)(H,8,9);1-4H. The van der Waals surface area contributed by atoms with Gasteiger partial charge in [0, 0.05) is 9.79 Å². The quantitative estimate of drug-likeness (QED) is 0.875. The van der Waals surface area contributed by atoms with Gasteiger partial charge in [0.2, 0.25) is 0 Å². The summed E-state index contributed by atoms with van der Waals surface area (Å²) >= 11 is 1.85. The number of nitrogens with one attached hydrogen (secondary N) is 1. The van der Waals surface area contributed by atoms with E-state index in [0.717, 1.165) is 0 Å². The van der Waals surface area contributed by atoms with Crippen LogP contribution in [0.4, 0.5) is 4.79 Å². The largest absolute Gasteiger partial charge is 0.480 e. The summed E-state index contributed by atoms with van der Waals surface area (Å²) in [4.78, 5) is 23.7. The van der Waals surface area contributed by atoms with Crippen LogP contribution in [0, 0.1) is 0 Å². The molecule has 2 heterocycles. The molecule has 2 bridgehead atoms. The summed E-state index contributed by atoms with van der Waals surface area (Å²) in [6, 6.07) is 8.52. The van der Waals surface area contributed by atoms with Gasteiger partial charge in [0.15, 0.2) is 0 Å². The van der Waals surface area contributed by atoms with E-state index in [0.29, 0.717) is 0 Å². The second-order valence-electron chi connectivity index (χ2n) is 4.12. The van der Waals surface area contributed by atoms with E-state index in [1.54, 1.807) is 0 Å². The molecule has 0 atom stereocenters. The number of fused-ring (bicyclic) bond motifs is 2. The summed E-state index contributed by atoms with van der Waals surface area (Å²) in [7, 11) is 1.17. The zero-order chi connectivity index (χ0) is 13.8. The van der Waals surface area contributed by atoms with Crippen molar-refractivity contribution in [2.45, 2.75) is 29.2 Å². The number of carbonyl (C=O) groups excluding carboxylic acids is 1. The van der Waals surface area contributed by atoms with E-state index in [4.69, 9.17) is 5.11 Å². The van der Waals surface area contributed by atoms with E-state index in [1.807, 2.05) is 11.8 Å². The second-order valence-corrected chi connectivity index (χ2v) is 5.27. The molecule has 3 rings (SSSR count). The Morgan fingerprint density at radius 2 is 1.83 bits per heavy atom. The van der Waals surface area contributed by atoms with E-state index in [2.05, 4.69) is 34.3 Å². The fourth-order valence-electron chi connectivity index (χ4n) is 1.04. The van der Waals surface area contributed by atoms with Crippen LogP contribution in [0.1, 0.15) is 13.8 Å². The van der Waals surface area contributed by atoms with Gasteiger partial charge in [-0.25, -0.2) is 9.59 Å². The monoisotopic (exact) mass is 269 g/mol. The van der Waals surface area contributed by atoms with Gasteiger partial charge in [-0.3, -0.25) is 0 Å². The minimum atomic E-state index is -1.28. The molecule has 2 aliphatic heterocycles. The number of amides is 1. The van der Waals surface area contributed by atoms with Gasteiger partial charge >= 0.3 is 12.1 Å². The fourth-order valence-corrected chi connectivity index (χ4v) is 1.79. The molecule has 2 N–H and O–H groups in total. The fraction of sp³-hybridized carbons (Fsp3) is 0.333. The van der Waals surface area contributed by atoms with Gasteiger partial charge in [0.05, 0.1) is 7.11 Å². The number of carboxylic acid groups (broad SMARTS) is 1. The van der Waals surface area contributed by atoms with Gasteiger partial charge in [0.25, 0.3) is 0 Å². The summed E-state index contributed by atoms with van der Waals surface area (Å²) in [5.74, 6) is -1.11. The molecule has 0 saturated carbocycles. The molecule has 1 aromatic carbocycles. The van der Waals surface area contributed by atoms with Crippen LogP contribution in [0.25, 0.3) is 0 Å². The lowest BCUT2D eigenvalue weighted by Crippen LogP contribution is -2.49. The van der Waals surface area contributed by atoms with Gasteiger partial charge in [0.1, 0.15) is 5.54 Å². The topological polar surface area (TPSA) is 75.6 Å². The molecule has 1 aromatic rings. The maximum atomic E-state index is 10.5. The van der Waals surface area contributed by atoms with Crippen LogP contribution in [0.15, 0.2) is 34.1 Å². The summed E-state index contributed by atoms with van der Waals surface area (Å²) in [6.45, 7) is 2.73. The van der Waals surface area contributed by atoms with E-state index >= 15 is 0 Å². The Morgan fingerprint density at radius 1 is 1.33 bits per heavy atom. The number of hydrogen-bond acceptors (Lipinski definition) is 4. The number of aliphatic carboxylic acids is 1. The van der Waals surface area contributed by atoms with Crippen molar-refractivity contribution in [1.82, 2.24) is 5.32 Å². The molecule has 98 valence electrons. The lowest BCUT2D eigenvalue weighted by atomic mass is 10.1. The zero-order valence-electron chi connectivity index (χ0n) is 10.4. The Kier molecular flexibility index (Phi) is 4.61. The highest BCUT2D eigenvalue weighted by atomic mass is 32.2. The number of rotatable bonds is 2. The minimum Gasteiger partial charge on any atom is -0.480 e. The Hall–Kier alpha value is -1.69. The van der Waals surface area contributed by atoms with Crippen LogP contribution in [0.5, 0.6) is 0 Å². The number of hydrogen-bond donors (Lipinski definition) is 2. The van der Waals surface area contributed by atoms with Gasteiger partial charge in [-0.2, -0.15) is 0 Å². The molecule has 5 nitrogen and oxygen atoms in total. The Bertz CT molecular complexity index is 434. The average Bonchev–Trinajstić information content (AvgIpc) is 2.29. The van der Waals surface area contributed by atoms with Crippen molar-refractivity contribution in [3.8, 4) is 0 Å². The van der Waals surface area contributed by atoms with Gasteiger partial charge in [-0.15, -0.1) is 0 Å². The highest BCUT2D eigenvalue weighted by Gasteiger charge is 2.29. The van der Waals surface area contributed by atoms with Crippen molar-refractivity contribution in [2.75, 3.05) is 7.11 Å². The summed E-state index contributed by atoms with van der Waals surface area (Å²) in [6.07, 6.45) is -0.752. The van der Waals surface area contributed by atoms with Crippen molar-refractivity contribution in [3.05, 3.63) is 24.3 Å². The molecule has 0 radical (unpaired) electrons. The van der Waals surface area contributed by atoms with Crippen LogP contribution >= 0.6 is 11.8 Å². The van der Waals surface area contributed by atoms with Crippen molar-refractivity contribution >= 4 is 23.8 Å². The van der Waals surface area contributed by atoms with Gasteiger partial charge in [-0.1, -0.05) is 17.8 Å². The molecular weight excluding hydrogens is 254 g/mol. The number of ether oxygens (including phenoxy) is 1. The summed E-state index contributed by atoms with van der Waals surface area (Å²) in [5, 5.41) is 10.7. The number of benzene rings is 1. The minimum absolute atomic E-state index is 0.752. The molecule has 0 aromatic heterocycles. The molecule has 1 amide bonds. The first-order valence-corrected chi connectivity index (χ1v) is 6.04. The van der Waals surface area contributed by atoms with Crippen molar-refractivity contribution in [2.24, 2.45) is 0 Å². The van der Waals surface area contributed by atoms with E-state index in [1.165, 1.54) is 30.7 Å². The lowest BCUT2D eigenvalue weighted by Gasteiger charge is -2.19. The maximum Gasteiger partial charge on any atom is 0.407 e. The number of methoxy groups -OCH3 is 1. The summed E-state index contributed by atoms with van der Waals surface area (Å²) < 4.78 is 4.22. The molecule has 0 unspecified atom stereocenters. The van der Waals surface area contributed by atoms with E-state index in [-0.39, 0.29) is 0 Å². The summed E-state index contributed by atoms with van der Waals surface area (Å²) in [5.41, 5.74) is -1.28. The second kappa shape index (κ2) is 5.77. The predicted octanol–water partition coefficient (Wildman–Crippen LogP) is 2.36. The van der Waals surface area contributed by atoms with Crippen molar-refractivity contribution < 1.29 is 19.4 Å². The third-order valence-corrected chi connectivity index (χ3v) is 3.16. The first kappa shape index (κ1) is 14.4. The SMILES string of the molecule is COC(=O)NC(C)(C)C(=O)O.c1cc2cc(c1)S2. The van der Waals surface area contributed by atoms with Crippen molar-refractivity contribution in [3.63, 3.8) is 0 Å². The first-order valence-electron chi connectivity index (χ1n) is 5.22. The van der Waals surface area contributed by atoms with Crippen LogP contribution in [-0.2, 0) is 9.53 Å². The molecule has 18 heavy (non-hydrogen) atoms. The highest BCUT2D eigenvalue weighted by Crippen LogP contribution is 2.37. The zero-order valence-corrected chi connectivity index (χ0v) is 11.2.